The zero-order valence-corrected chi connectivity index (χ0v) is 11.2. The summed E-state index contributed by atoms with van der Waals surface area (Å²) in [5.41, 5.74) is 2.70. The number of anilines is 1. The summed E-state index contributed by atoms with van der Waals surface area (Å²) < 4.78 is 0. The molecule has 1 aromatic carbocycles. The summed E-state index contributed by atoms with van der Waals surface area (Å²) in [7, 11) is 0. The molecule has 2 rings (SSSR count). The van der Waals surface area contributed by atoms with E-state index in [-0.39, 0.29) is 17.2 Å². The van der Waals surface area contributed by atoms with Gasteiger partial charge >= 0.3 is 0 Å². The molecule has 0 spiro atoms. The molecule has 0 radical (unpaired) electrons. The van der Waals surface area contributed by atoms with E-state index in [4.69, 9.17) is 0 Å². The van der Waals surface area contributed by atoms with Gasteiger partial charge in [0.2, 0.25) is 0 Å². The lowest BCUT2D eigenvalue weighted by molar-refractivity contribution is -0.119. The van der Waals surface area contributed by atoms with E-state index in [0.29, 0.717) is 5.69 Å². The normalized spacial score (nSPS) is 15.7. The first-order valence-corrected chi connectivity index (χ1v) is 5.98. The lowest BCUT2D eigenvalue weighted by Gasteiger charge is -2.27. The van der Waals surface area contributed by atoms with Gasteiger partial charge in [-0.15, -0.1) is 0 Å². The minimum absolute atomic E-state index is 0.121. The fourth-order valence-corrected chi connectivity index (χ4v) is 2.08. The average molecular weight is 243 g/mol. The summed E-state index contributed by atoms with van der Waals surface area (Å²) in [4.78, 5) is 24.8. The molecule has 0 atom stereocenters. The van der Waals surface area contributed by atoms with Gasteiger partial charge in [-0.05, 0) is 24.0 Å². The maximum atomic E-state index is 11.8. The number of carbonyl (C=O) groups excluding carboxylic acids is 2. The molecule has 1 aromatic rings. The smallest absolute Gasteiger partial charge is 0.258 e. The fourth-order valence-electron chi connectivity index (χ4n) is 2.08. The third kappa shape index (κ3) is 2.08. The van der Waals surface area contributed by atoms with E-state index in [0.717, 1.165) is 11.1 Å². The average Bonchev–Trinajstić information content (AvgIpc) is 2.58. The molecular weight excluding hydrogens is 226 g/mol. The predicted octanol–water partition coefficient (Wildman–Crippen LogP) is 2.72. The topological polar surface area (TPSA) is 37.4 Å². The Morgan fingerprint density at radius 3 is 2.06 bits per heavy atom. The summed E-state index contributed by atoms with van der Waals surface area (Å²) in [5, 5.41) is 0. The molecule has 0 unspecified atom stereocenters. The van der Waals surface area contributed by atoms with Gasteiger partial charge in [-0.1, -0.05) is 38.5 Å². The van der Waals surface area contributed by atoms with Gasteiger partial charge < -0.3 is 0 Å². The van der Waals surface area contributed by atoms with Crippen molar-refractivity contribution in [3.8, 4) is 0 Å². The second kappa shape index (κ2) is 4.09. The van der Waals surface area contributed by atoms with Gasteiger partial charge in [-0.3, -0.25) is 9.59 Å². The van der Waals surface area contributed by atoms with Crippen molar-refractivity contribution in [2.45, 2.75) is 33.1 Å². The van der Waals surface area contributed by atoms with Crippen LogP contribution in [0.5, 0.6) is 0 Å². The molecule has 0 saturated heterocycles. The Bertz CT molecular complexity index is 532. The first kappa shape index (κ1) is 12.6. The van der Waals surface area contributed by atoms with Crippen LogP contribution in [0.4, 0.5) is 5.69 Å². The number of hydrogen-bond donors (Lipinski definition) is 0. The molecule has 3 heteroatoms. The van der Waals surface area contributed by atoms with Crippen molar-refractivity contribution in [1.82, 2.24) is 0 Å². The number of rotatable bonds is 1. The highest BCUT2D eigenvalue weighted by molar-refractivity contribution is 6.28. The van der Waals surface area contributed by atoms with Crippen LogP contribution in [0.15, 0.2) is 30.4 Å². The summed E-state index contributed by atoms with van der Waals surface area (Å²) in [6.45, 7) is 8.22. The molecular formula is C15H17NO2. The molecule has 1 heterocycles. The van der Waals surface area contributed by atoms with Gasteiger partial charge in [0.1, 0.15) is 0 Å². The highest BCUT2D eigenvalue weighted by atomic mass is 16.2. The zero-order chi connectivity index (χ0) is 13.5. The monoisotopic (exact) mass is 243 g/mol. The maximum Gasteiger partial charge on any atom is 0.258 e. The van der Waals surface area contributed by atoms with Crippen LogP contribution in [-0.2, 0) is 15.0 Å². The fraction of sp³-hybridized carbons (Fsp3) is 0.333. The first-order valence-electron chi connectivity index (χ1n) is 5.98. The van der Waals surface area contributed by atoms with Crippen molar-refractivity contribution < 1.29 is 9.59 Å². The Hall–Kier alpha value is -1.90. The largest absolute Gasteiger partial charge is 0.269 e. The molecule has 0 saturated carbocycles. The number of nitrogens with zero attached hydrogens (tertiary/aromatic N) is 1. The molecule has 0 N–H and O–H groups in total. The zero-order valence-electron chi connectivity index (χ0n) is 11.2. The Labute approximate surface area is 107 Å². The standard InChI is InChI=1S/C15H17NO2/c1-10-5-6-12(11(9-10)15(2,3)4)16-13(17)7-8-14(16)18/h5-9H,1-4H3. The third-order valence-electron chi connectivity index (χ3n) is 3.01. The number of amides is 2. The van der Waals surface area contributed by atoms with Crippen molar-refractivity contribution in [3.05, 3.63) is 41.5 Å². The molecule has 3 nitrogen and oxygen atoms in total. The Morgan fingerprint density at radius 2 is 1.56 bits per heavy atom. The molecule has 1 aliphatic heterocycles. The van der Waals surface area contributed by atoms with E-state index < -0.39 is 0 Å². The SMILES string of the molecule is Cc1ccc(N2C(=O)C=CC2=O)c(C(C)(C)C)c1. The predicted molar refractivity (Wildman–Crippen MR) is 71.5 cm³/mol. The molecule has 18 heavy (non-hydrogen) atoms. The summed E-state index contributed by atoms with van der Waals surface area (Å²) >= 11 is 0. The second-order valence-electron chi connectivity index (χ2n) is 5.62. The first-order chi connectivity index (χ1) is 8.30. The summed E-state index contributed by atoms with van der Waals surface area (Å²) in [6, 6.07) is 5.80. The van der Waals surface area contributed by atoms with Crippen LogP contribution < -0.4 is 4.90 Å². The van der Waals surface area contributed by atoms with Crippen LogP contribution in [0, 0.1) is 6.92 Å². The molecule has 94 valence electrons. The van der Waals surface area contributed by atoms with E-state index in [9.17, 15) is 9.59 Å². The number of hydrogen-bond acceptors (Lipinski definition) is 2. The number of carbonyl (C=O) groups is 2. The lowest BCUT2D eigenvalue weighted by Crippen LogP contribution is -2.32. The van der Waals surface area contributed by atoms with Crippen molar-refractivity contribution in [2.75, 3.05) is 4.90 Å². The van der Waals surface area contributed by atoms with E-state index in [1.165, 1.54) is 17.1 Å². The Morgan fingerprint density at radius 1 is 1.00 bits per heavy atom. The Balaban J connectivity index is 2.58. The molecule has 2 amide bonds. The van der Waals surface area contributed by atoms with Crippen molar-refractivity contribution in [2.24, 2.45) is 0 Å². The third-order valence-corrected chi connectivity index (χ3v) is 3.01. The minimum Gasteiger partial charge on any atom is -0.269 e. The number of benzene rings is 1. The highest BCUT2D eigenvalue weighted by Crippen LogP contribution is 2.34. The molecule has 0 aromatic heterocycles. The van der Waals surface area contributed by atoms with Crippen LogP contribution in [0.3, 0.4) is 0 Å². The number of aryl methyl sites for hydroxylation is 1. The van der Waals surface area contributed by atoms with Crippen LogP contribution in [0.1, 0.15) is 31.9 Å². The quantitative estimate of drug-likeness (QED) is 0.711. The van der Waals surface area contributed by atoms with E-state index in [1.807, 2.05) is 25.1 Å². The second-order valence-corrected chi connectivity index (χ2v) is 5.62. The van der Waals surface area contributed by atoms with Crippen LogP contribution in [0.25, 0.3) is 0 Å². The minimum atomic E-state index is -0.269. The summed E-state index contributed by atoms with van der Waals surface area (Å²) in [6.07, 6.45) is 2.63. The van der Waals surface area contributed by atoms with Gasteiger partial charge in [-0.25, -0.2) is 4.90 Å². The van der Waals surface area contributed by atoms with E-state index >= 15 is 0 Å². The van der Waals surface area contributed by atoms with Gasteiger partial charge in [0.15, 0.2) is 0 Å². The summed E-state index contributed by atoms with van der Waals surface area (Å²) in [5.74, 6) is -0.538. The molecule has 1 aliphatic rings. The van der Waals surface area contributed by atoms with Crippen molar-refractivity contribution in [3.63, 3.8) is 0 Å². The van der Waals surface area contributed by atoms with Crippen LogP contribution >= 0.6 is 0 Å². The molecule has 0 bridgehead atoms. The maximum absolute atomic E-state index is 11.8. The lowest BCUT2D eigenvalue weighted by atomic mass is 9.84. The van der Waals surface area contributed by atoms with Crippen molar-refractivity contribution >= 4 is 17.5 Å². The Kier molecular flexibility index (Phi) is 2.85. The van der Waals surface area contributed by atoms with E-state index in [2.05, 4.69) is 20.8 Å². The molecule has 0 aliphatic carbocycles. The van der Waals surface area contributed by atoms with Gasteiger partial charge in [-0.2, -0.15) is 0 Å². The van der Waals surface area contributed by atoms with Crippen LogP contribution in [0.2, 0.25) is 0 Å². The van der Waals surface area contributed by atoms with Gasteiger partial charge in [0.05, 0.1) is 5.69 Å². The molecule has 0 fully saturated rings. The number of imide groups is 1. The van der Waals surface area contributed by atoms with Gasteiger partial charge in [0, 0.05) is 12.2 Å². The van der Waals surface area contributed by atoms with E-state index in [1.54, 1.807) is 0 Å². The van der Waals surface area contributed by atoms with Gasteiger partial charge in [0.25, 0.3) is 11.8 Å². The highest BCUT2D eigenvalue weighted by Gasteiger charge is 2.30. The van der Waals surface area contributed by atoms with Crippen LogP contribution in [-0.4, -0.2) is 11.8 Å². The van der Waals surface area contributed by atoms with Crippen molar-refractivity contribution in [1.29, 1.82) is 0 Å².